The van der Waals surface area contributed by atoms with Gasteiger partial charge in [0.25, 0.3) is 0 Å². The van der Waals surface area contributed by atoms with Crippen LogP contribution < -0.4 is 5.32 Å². The Morgan fingerprint density at radius 3 is 2.53 bits per heavy atom. The molecule has 0 saturated heterocycles. The number of alkyl halides is 3. The summed E-state index contributed by atoms with van der Waals surface area (Å²) >= 11 is 0. The zero-order valence-electron chi connectivity index (χ0n) is 10.6. The van der Waals surface area contributed by atoms with Crippen molar-refractivity contribution in [1.29, 1.82) is 0 Å². The molecule has 1 heterocycles. The van der Waals surface area contributed by atoms with E-state index in [1.807, 2.05) is 13.8 Å². The van der Waals surface area contributed by atoms with E-state index in [2.05, 4.69) is 10.3 Å². The van der Waals surface area contributed by atoms with Gasteiger partial charge in [0.15, 0.2) is 0 Å². The quantitative estimate of drug-likeness (QED) is 0.903. The minimum atomic E-state index is -4.39. The maximum atomic E-state index is 12.9. The van der Waals surface area contributed by atoms with Crippen LogP contribution in [0.3, 0.4) is 0 Å². The van der Waals surface area contributed by atoms with Crippen LogP contribution in [0, 0.1) is 0 Å². The van der Waals surface area contributed by atoms with Crippen LogP contribution in [0.2, 0.25) is 0 Å². The molecule has 0 bridgehead atoms. The Hall–Kier alpha value is -1.98. The first-order valence-electron chi connectivity index (χ1n) is 5.85. The molecule has 0 atom stereocenters. The van der Waals surface area contributed by atoms with Gasteiger partial charge in [0.1, 0.15) is 0 Å². The van der Waals surface area contributed by atoms with E-state index in [1.54, 1.807) is 23.0 Å². The Bertz CT molecular complexity index is 558. The van der Waals surface area contributed by atoms with Gasteiger partial charge in [-0.15, -0.1) is 0 Å². The van der Waals surface area contributed by atoms with E-state index in [1.165, 1.54) is 12.1 Å². The van der Waals surface area contributed by atoms with E-state index >= 15 is 0 Å². The van der Waals surface area contributed by atoms with Gasteiger partial charge >= 0.3 is 6.18 Å². The molecule has 0 saturated carbocycles. The normalized spacial score (nSPS) is 11.9. The minimum Gasteiger partial charge on any atom is -0.325 e. The molecule has 0 aliphatic rings. The molecular formula is C13H14F3N3. The summed E-state index contributed by atoms with van der Waals surface area (Å²) in [5.41, 5.74) is -0.698. The van der Waals surface area contributed by atoms with Gasteiger partial charge in [0.2, 0.25) is 5.95 Å². The number of imidazole rings is 1. The Morgan fingerprint density at radius 2 is 1.89 bits per heavy atom. The highest BCUT2D eigenvalue weighted by molar-refractivity contribution is 5.59. The summed E-state index contributed by atoms with van der Waals surface area (Å²) in [7, 11) is 0. The first-order valence-corrected chi connectivity index (χ1v) is 5.85. The molecule has 1 N–H and O–H groups in total. The van der Waals surface area contributed by atoms with Crippen molar-refractivity contribution in [2.45, 2.75) is 26.1 Å². The highest BCUT2D eigenvalue weighted by Gasteiger charge is 2.33. The third-order valence-corrected chi connectivity index (χ3v) is 2.70. The number of benzene rings is 1. The van der Waals surface area contributed by atoms with Crippen LogP contribution in [0.1, 0.15) is 25.5 Å². The molecule has 6 heteroatoms. The fraction of sp³-hybridized carbons (Fsp3) is 0.308. The second-order valence-electron chi connectivity index (χ2n) is 4.42. The zero-order chi connectivity index (χ0) is 14.0. The van der Waals surface area contributed by atoms with Gasteiger partial charge < -0.3 is 9.88 Å². The second-order valence-corrected chi connectivity index (χ2v) is 4.42. The van der Waals surface area contributed by atoms with Gasteiger partial charge in [-0.3, -0.25) is 0 Å². The highest BCUT2D eigenvalue weighted by Crippen LogP contribution is 2.35. The molecule has 1 aromatic heterocycles. The third kappa shape index (κ3) is 2.89. The number of halogens is 3. The molecule has 0 aliphatic heterocycles. The number of hydrogen-bond donors (Lipinski definition) is 1. The number of rotatable bonds is 3. The van der Waals surface area contributed by atoms with Crippen LogP contribution in [-0.4, -0.2) is 9.55 Å². The van der Waals surface area contributed by atoms with E-state index in [-0.39, 0.29) is 11.7 Å². The number of para-hydroxylation sites is 1. The summed E-state index contributed by atoms with van der Waals surface area (Å²) < 4.78 is 40.4. The van der Waals surface area contributed by atoms with E-state index in [9.17, 15) is 13.2 Å². The lowest BCUT2D eigenvalue weighted by molar-refractivity contribution is -0.136. The molecule has 0 amide bonds. The standard InChI is InChI=1S/C13H14F3N3/c1-9(2)19-8-7-17-12(19)18-11-6-4-3-5-10(11)13(14,15)16/h3-9H,1-2H3,(H,17,18). The Balaban J connectivity index is 2.36. The van der Waals surface area contributed by atoms with Crippen LogP contribution >= 0.6 is 0 Å². The number of nitrogens with one attached hydrogen (secondary N) is 1. The highest BCUT2D eigenvalue weighted by atomic mass is 19.4. The Kier molecular flexibility index (Phi) is 3.50. The van der Waals surface area contributed by atoms with Crippen molar-refractivity contribution >= 4 is 11.6 Å². The first-order chi connectivity index (χ1) is 8.89. The molecule has 0 aliphatic carbocycles. The van der Waals surface area contributed by atoms with Crippen molar-refractivity contribution in [3.8, 4) is 0 Å². The largest absolute Gasteiger partial charge is 0.418 e. The SMILES string of the molecule is CC(C)n1ccnc1Nc1ccccc1C(F)(F)F. The van der Waals surface area contributed by atoms with Gasteiger partial charge in [-0.25, -0.2) is 4.98 Å². The molecule has 0 unspecified atom stereocenters. The van der Waals surface area contributed by atoms with E-state index < -0.39 is 11.7 Å². The van der Waals surface area contributed by atoms with E-state index in [0.717, 1.165) is 6.07 Å². The molecule has 2 aromatic rings. The Labute approximate surface area is 109 Å². The van der Waals surface area contributed by atoms with Gasteiger partial charge in [-0.05, 0) is 26.0 Å². The number of anilines is 2. The van der Waals surface area contributed by atoms with Gasteiger partial charge in [-0.1, -0.05) is 12.1 Å². The van der Waals surface area contributed by atoms with Crippen molar-refractivity contribution in [2.75, 3.05) is 5.32 Å². The monoisotopic (exact) mass is 269 g/mol. The smallest absolute Gasteiger partial charge is 0.325 e. The molecule has 0 fully saturated rings. The summed E-state index contributed by atoms with van der Waals surface area (Å²) in [6, 6.07) is 5.47. The molecule has 0 spiro atoms. The lowest BCUT2D eigenvalue weighted by Crippen LogP contribution is -2.11. The predicted octanol–water partition coefficient (Wildman–Crippen LogP) is 4.23. The van der Waals surface area contributed by atoms with Gasteiger partial charge in [0, 0.05) is 18.4 Å². The number of aromatic nitrogens is 2. The second kappa shape index (κ2) is 4.95. The van der Waals surface area contributed by atoms with Crippen LogP contribution in [0.5, 0.6) is 0 Å². The number of nitrogens with zero attached hydrogens (tertiary/aromatic N) is 2. The van der Waals surface area contributed by atoms with Crippen LogP contribution in [0.25, 0.3) is 0 Å². The molecule has 19 heavy (non-hydrogen) atoms. The third-order valence-electron chi connectivity index (χ3n) is 2.70. The van der Waals surface area contributed by atoms with Crippen LogP contribution in [0.15, 0.2) is 36.7 Å². The van der Waals surface area contributed by atoms with Gasteiger partial charge in [0.05, 0.1) is 11.3 Å². The van der Waals surface area contributed by atoms with Crippen molar-refractivity contribution in [3.05, 3.63) is 42.2 Å². The lowest BCUT2D eigenvalue weighted by atomic mass is 10.1. The van der Waals surface area contributed by atoms with E-state index in [0.29, 0.717) is 5.95 Å². The van der Waals surface area contributed by atoms with Gasteiger partial charge in [-0.2, -0.15) is 13.2 Å². The maximum Gasteiger partial charge on any atom is 0.418 e. The van der Waals surface area contributed by atoms with Crippen LogP contribution in [-0.2, 0) is 6.18 Å². The van der Waals surface area contributed by atoms with Crippen molar-refractivity contribution in [2.24, 2.45) is 0 Å². The van der Waals surface area contributed by atoms with Crippen LogP contribution in [0.4, 0.5) is 24.8 Å². The Morgan fingerprint density at radius 1 is 1.21 bits per heavy atom. The molecule has 2 rings (SSSR count). The van der Waals surface area contributed by atoms with Crippen molar-refractivity contribution < 1.29 is 13.2 Å². The summed E-state index contributed by atoms with van der Waals surface area (Å²) in [6.45, 7) is 3.87. The molecule has 1 aromatic carbocycles. The fourth-order valence-electron chi connectivity index (χ4n) is 1.79. The maximum absolute atomic E-state index is 12.9. The fourth-order valence-corrected chi connectivity index (χ4v) is 1.79. The molecular weight excluding hydrogens is 255 g/mol. The summed E-state index contributed by atoms with van der Waals surface area (Å²) in [5, 5.41) is 2.74. The predicted molar refractivity (Wildman–Crippen MR) is 67.3 cm³/mol. The first kappa shape index (κ1) is 13.5. The average Bonchev–Trinajstić information content (AvgIpc) is 2.76. The summed E-state index contributed by atoms with van der Waals surface area (Å²) in [4.78, 5) is 4.04. The summed E-state index contributed by atoms with van der Waals surface area (Å²) in [6.07, 6.45) is -1.11. The number of hydrogen-bond acceptors (Lipinski definition) is 2. The topological polar surface area (TPSA) is 29.9 Å². The lowest BCUT2D eigenvalue weighted by Gasteiger charge is -2.16. The molecule has 3 nitrogen and oxygen atoms in total. The van der Waals surface area contributed by atoms with Crippen molar-refractivity contribution in [1.82, 2.24) is 9.55 Å². The van der Waals surface area contributed by atoms with Crippen molar-refractivity contribution in [3.63, 3.8) is 0 Å². The molecule has 0 radical (unpaired) electrons. The summed E-state index contributed by atoms with van der Waals surface area (Å²) in [5.74, 6) is 0.395. The minimum absolute atomic E-state index is 0.00287. The molecule has 102 valence electrons. The average molecular weight is 269 g/mol. The zero-order valence-corrected chi connectivity index (χ0v) is 10.6. The van der Waals surface area contributed by atoms with E-state index in [4.69, 9.17) is 0 Å².